The highest BCUT2D eigenvalue weighted by Crippen LogP contribution is 1.98. The molecule has 0 saturated heterocycles. The Balaban J connectivity index is 2.89. The molecule has 0 amide bonds. The first kappa shape index (κ1) is 9.84. The number of nitrogens with two attached hydrogens (primary N) is 3. The molecule has 0 bridgehead atoms. The molecule has 0 saturated carbocycles. The van der Waals surface area contributed by atoms with Crippen LogP contribution in [0.5, 0.6) is 0 Å². The summed E-state index contributed by atoms with van der Waals surface area (Å²) in [5.41, 5.74) is 13.3. The molecule has 0 heterocycles. The molecule has 0 aromatic rings. The number of hydrogen-bond donors (Lipinski definition) is 4. The third kappa shape index (κ3) is 5.97. The normalized spacial score (nSPS) is 13.5. The van der Waals surface area contributed by atoms with E-state index in [-0.39, 0.29) is 6.17 Å². The largest absolute Gasteiger partial charge is 0.330 e. The summed E-state index contributed by atoms with van der Waals surface area (Å²) >= 11 is 0. The van der Waals surface area contributed by atoms with Gasteiger partial charge in [0.25, 0.3) is 0 Å². The molecule has 0 aromatic carbocycles. The predicted molar refractivity (Wildman–Crippen MR) is 42.8 cm³/mol. The van der Waals surface area contributed by atoms with E-state index in [0.29, 0.717) is 0 Å². The first-order chi connectivity index (χ1) is 4.81. The van der Waals surface area contributed by atoms with E-state index in [1.54, 1.807) is 0 Å². The third-order valence-electron chi connectivity index (χ3n) is 1.43. The van der Waals surface area contributed by atoms with Crippen LogP contribution < -0.4 is 22.7 Å². The average molecular weight is 146 g/mol. The van der Waals surface area contributed by atoms with Gasteiger partial charge in [-0.2, -0.15) is 0 Å². The minimum absolute atomic E-state index is 0.0576. The Kier molecular flexibility index (Phi) is 6.84. The predicted octanol–water partition coefficient (Wildman–Crippen LogP) is -0.746. The van der Waals surface area contributed by atoms with Crippen LogP contribution in [0.1, 0.15) is 25.7 Å². The molecule has 10 heavy (non-hydrogen) atoms. The number of rotatable bonds is 6. The maximum Gasteiger partial charge on any atom is 0.0676 e. The molecule has 0 fully saturated rings. The zero-order valence-corrected chi connectivity index (χ0v) is 6.34. The Bertz CT molecular complexity index is 66.8. The van der Waals surface area contributed by atoms with Gasteiger partial charge >= 0.3 is 0 Å². The highest BCUT2D eigenvalue weighted by atomic mass is 15.3. The fraction of sp³-hybridized carbons (Fsp3) is 1.00. The zero-order valence-electron chi connectivity index (χ0n) is 6.34. The SMILES string of the molecule is NCCCCCC(N)NN. The molecule has 4 heteroatoms. The summed E-state index contributed by atoms with van der Waals surface area (Å²) in [6, 6.07) is 0. The maximum atomic E-state index is 5.49. The van der Waals surface area contributed by atoms with Crippen molar-refractivity contribution in [1.82, 2.24) is 5.43 Å². The van der Waals surface area contributed by atoms with Gasteiger partial charge in [-0.1, -0.05) is 12.8 Å². The fourth-order valence-electron chi connectivity index (χ4n) is 0.769. The Morgan fingerprint density at radius 1 is 1.20 bits per heavy atom. The van der Waals surface area contributed by atoms with Gasteiger partial charge in [-0.05, 0) is 19.4 Å². The minimum atomic E-state index is -0.0576. The molecule has 4 nitrogen and oxygen atoms in total. The van der Waals surface area contributed by atoms with Crippen LogP contribution in [0.2, 0.25) is 0 Å². The molecule has 1 atom stereocenters. The summed E-state index contributed by atoms with van der Waals surface area (Å²) < 4.78 is 0. The minimum Gasteiger partial charge on any atom is -0.330 e. The highest BCUT2D eigenvalue weighted by molar-refractivity contribution is 4.53. The van der Waals surface area contributed by atoms with Gasteiger partial charge < -0.3 is 11.5 Å². The number of hydrazine groups is 1. The van der Waals surface area contributed by atoms with Crippen LogP contribution in [-0.2, 0) is 0 Å². The van der Waals surface area contributed by atoms with E-state index in [4.69, 9.17) is 17.3 Å². The highest BCUT2D eigenvalue weighted by Gasteiger charge is 1.96. The Morgan fingerprint density at radius 2 is 1.90 bits per heavy atom. The molecule has 0 aliphatic rings. The van der Waals surface area contributed by atoms with Gasteiger partial charge in [0, 0.05) is 0 Å². The number of unbranched alkanes of at least 4 members (excludes halogenated alkanes) is 2. The summed E-state index contributed by atoms with van der Waals surface area (Å²) in [5, 5.41) is 0. The molecule has 7 N–H and O–H groups in total. The van der Waals surface area contributed by atoms with Crippen LogP contribution >= 0.6 is 0 Å². The van der Waals surface area contributed by atoms with Crippen LogP contribution in [-0.4, -0.2) is 12.7 Å². The van der Waals surface area contributed by atoms with Crippen molar-refractivity contribution in [1.29, 1.82) is 0 Å². The van der Waals surface area contributed by atoms with E-state index in [1.165, 1.54) is 0 Å². The van der Waals surface area contributed by atoms with Crippen molar-refractivity contribution in [3.05, 3.63) is 0 Å². The van der Waals surface area contributed by atoms with Crippen molar-refractivity contribution in [2.75, 3.05) is 6.54 Å². The van der Waals surface area contributed by atoms with Crippen molar-refractivity contribution in [3.8, 4) is 0 Å². The standard InChI is InChI=1S/C6H18N4/c7-5-3-1-2-4-6(8)10-9/h6,10H,1-5,7-9H2. The number of hydrogen-bond acceptors (Lipinski definition) is 4. The Labute approximate surface area is 62.1 Å². The van der Waals surface area contributed by atoms with Crippen molar-refractivity contribution in [2.45, 2.75) is 31.8 Å². The molecular formula is C6H18N4. The topological polar surface area (TPSA) is 90.1 Å². The van der Waals surface area contributed by atoms with Gasteiger partial charge in [-0.25, -0.2) is 5.43 Å². The van der Waals surface area contributed by atoms with Gasteiger partial charge in [0.1, 0.15) is 0 Å². The van der Waals surface area contributed by atoms with Crippen LogP contribution in [0.4, 0.5) is 0 Å². The number of nitrogens with one attached hydrogen (secondary N) is 1. The molecule has 0 aromatic heterocycles. The average Bonchev–Trinajstić information content (AvgIpc) is 1.98. The van der Waals surface area contributed by atoms with Gasteiger partial charge in [0.05, 0.1) is 6.17 Å². The third-order valence-corrected chi connectivity index (χ3v) is 1.43. The van der Waals surface area contributed by atoms with E-state index in [9.17, 15) is 0 Å². The summed E-state index contributed by atoms with van der Waals surface area (Å²) in [5.74, 6) is 5.09. The van der Waals surface area contributed by atoms with E-state index in [2.05, 4.69) is 5.43 Å². The second-order valence-corrected chi connectivity index (χ2v) is 2.41. The van der Waals surface area contributed by atoms with Gasteiger partial charge in [-0.3, -0.25) is 5.84 Å². The maximum absolute atomic E-state index is 5.49. The van der Waals surface area contributed by atoms with Crippen molar-refractivity contribution in [3.63, 3.8) is 0 Å². The summed E-state index contributed by atoms with van der Waals surface area (Å²) in [7, 11) is 0. The molecule has 62 valence electrons. The summed E-state index contributed by atoms with van der Waals surface area (Å²) in [6.07, 6.45) is 4.19. The monoisotopic (exact) mass is 146 g/mol. The zero-order chi connectivity index (χ0) is 7.82. The quantitative estimate of drug-likeness (QED) is 0.172. The lowest BCUT2D eigenvalue weighted by atomic mass is 10.2. The summed E-state index contributed by atoms with van der Waals surface area (Å²) in [6.45, 7) is 0.769. The lowest BCUT2D eigenvalue weighted by Crippen LogP contribution is -2.41. The second kappa shape index (κ2) is 6.95. The Hall–Kier alpha value is -0.160. The molecule has 0 radical (unpaired) electrons. The van der Waals surface area contributed by atoms with Crippen LogP contribution in [0.15, 0.2) is 0 Å². The van der Waals surface area contributed by atoms with Gasteiger partial charge in [-0.15, -0.1) is 0 Å². The fourth-order valence-corrected chi connectivity index (χ4v) is 0.769. The molecule has 0 aliphatic heterocycles. The van der Waals surface area contributed by atoms with Gasteiger partial charge in [0.2, 0.25) is 0 Å². The van der Waals surface area contributed by atoms with Crippen LogP contribution in [0.3, 0.4) is 0 Å². The second-order valence-electron chi connectivity index (χ2n) is 2.41. The van der Waals surface area contributed by atoms with Crippen molar-refractivity contribution in [2.24, 2.45) is 17.3 Å². The van der Waals surface area contributed by atoms with Crippen molar-refractivity contribution >= 4 is 0 Å². The van der Waals surface area contributed by atoms with Crippen molar-refractivity contribution < 1.29 is 0 Å². The molecule has 1 unspecified atom stereocenters. The van der Waals surface area contributed by atoms with E-state index in [1.807, 2.05) is 0 Å². The molecule has 0 rings (SSSR count). The van der Waals surface area contributed by atoms with Crippen LogP contribution in [0, 0.1) is 0 Å². The van der Waals surface area contributed by atoms with E-state index >= 15 is 0 Å². The first-order valence-corrected chi connectivity index (χ1v) is 3.73. The van der Waals surface area contributed by atoms with Gasteiger partial charge in [0.15, 0.2) is 0 Å². The molecule has 0 spiro atoms. The molecule has 0 aliphatic carbocycles. The van der Waals surface area contributed by atoms with Crippen LogP contribution in [0.25, 0.3) is 0 Å². The smallest absolute Gasteiger partial charge is 0.0676 e. The lowest BCUT2D eigenvalue weighted by molar-refractivity contribution is 0.480. The van der Waals surface area contributed by atoms with E-state index < -0.39 is 0 Å². The first-order valence-electron chi connectivity index (χ1n) is 3.73. The molecular weight excluding hydrogens is 128 g/mol. The lowest BCUT2D eigenvalue weighted by Gasteiger charge is -2.08. The summed E-state index contributed by atoms with van der Waals surface area (Å²) in [4.78, 5) is 0. The Morgan fingerprint density at radius 3 is 2.40 bits per heavy atom. The van der Waals surface area contributed by atoms with E-state index in [0.717, 1.165) is 32.2 Å².